The highest BCUT2D eigenvalue weighted by Crippen LogP contribution is 2.33. The molecule has 102 valence electrons. The lowest BCUT2D eigenvalue weighted by Crippen LogP contribution is -2.38. The first-order valence-corrected chi connectivity index (χ1v) is 6.47. The van der Waals surface area contributed by atoms with Crippen LogP contribution in [0.2, 0.25) is 0 Å². The summed E-state index contributed by atoms with van der Waals surface area (Å²) in [5, 5.41) is 9.37. The number of rotatable bonds is 3. The Balaban J connectivity index is 1.97. The summed E-state index contributed by atoms with van der Waals surface area (Å²) >= 11 is 0. The van der Waals surface area contributed by atoms with E-state index >= 15 is 0 Å². The molecule has 1 unspecified atom stereocenters. The lowest BCUT2D eigenvalue weighted by Gasteiger charge is -2.25. The van der Waals surface area contributed by atoms with Crippen LogP contribution < -0.4 is 4.90 Å². The fourth-order valence-electron chi connectivity index (χ4n) is 2.68. The van der Waals surface area contributed by atoms with Crippen LogP contribution in [0, 0.1) is 5.82 Å². The highest BCUT2D eigenvalue weighted by Gasteiger charge is 2.34. The van der Waals surface area contributed by atoms with Gasteiger partial charge in [0.25, 0.3) is 0 Å². The number of para-hydroxylation sites is 1. The van der Waals surface area contributed by atoms with Crippen molar-refractivity contribution in [1.29, 1.82) is 0 Å². The first kappa shape index (κ1) is 12.7. The topological polar surface area (TPSA) is 40.5 Å². The Labute approximate surface area is 116 Å². The summed E-state index contributed by atoms with van der Waals surface area (Å²) in [7, 11) is 0. The molecule has 1 N–H and O–H groups in total. The Morgan fingerprint density at radius 2 is 1.90 bits per heavy atom. The van der Waals surface area contributed by atoms with Crippen molar-refractivity contribution in [3.05, 3.63) is 65.5 Å². The number of anilines is 1. The molecule has 2 aromatic carbocycles. The van der Waals surface area contributed by atoms with Crippen LogP contribution in [0.25, 0.3) is 0 Å². The molecule has 0 spiro atoms. The van der Waals surface area contributed by atoms with E-state index in [1.54, 1.807) is 23.1 Å². The summed E-state index contributed by atoms with van der Waals surface area (Å²) in [4.78, 5) is 13.2. The maximum absolute atomic E-state index is 13.8. The minimum atomic E-state index is -0.877. The molecule has 4 heteroatoms. The number of fused-ring (bicyclic) bond motifs is 1. The normalized spacial score (nSPS) is 17.1. The molecule has 1 aliphatic rings. The van der Waals surface area contributed by atoms with Gasteiger partial charge in [0.1, 0.15) is 11.9 Å². The van der Waals surface area contributed by atoms with Crippen LogP contribution in [0.4, 0.5) is 10.1 Å². The molecule has 0 aromatic heterocycles. The molecule has 0 aliphatic carbocycles. The average molecular weight is 271 g/mol. The molecule has 0 amide bonds. The Hall–Kier alpha value is -2.36. The van der Waals surface area contributed by atoms with Gasteiger partial charge in [-0.15, -0.1) is 0 Å². The van der Waals surface area contributed by atoms with Crippen molar-refractivity contribution in [3.8, 4) is 0 Å². The van der Waals surface area contributed by atoms with Gasteiger partial charge in [-0.3, -0.25) is 0 Å². The van der Waals surface area contributed by atoms with Gasteiger partial charge >= 0.3 is 5.97 Å². The predicted octanol–water partition coefficient (Wildman–Crippen LogP) is 2.84. The molecule has 0 fully saturated rings. The highest BCUT2D eigenvalue weighted by atomic mass is 19.1. The van der Waals surface area contributed by atoms with Gasteiger partial charge in [-0.2, -0.15) is 0 Å². The van der Waals surface area contributed by atoms with E-state index in [-0.39, 0.29) is 12.4 Å². The van der Waals surface area contributed by atoms with Gasteiger partial charge in [0, 0.05) is 24.2 Å². The number of carboxylic acid groups (broad SMARTS) is 1. The van der Waals surface area contributed by atoms with Crippen LogP contribution in [0.1, 0.15) is 11.1 Å². The van der Waals surface area contributed by atoms with E-state index in [1.807, 2.05) is 24.3 Å². The maximum atomic E-state index is 13.8. The molecular formula is C16H14FNO2. The molecule has 2 aromatic rings. The second-order valence-corrected chi connectivity index (χ2v) is 4.91. The third kappa shape index (κ3) is 2.13. The molecule has 0 radical (unpaired) electrons. The molecular weight excluding hydrogens is 257 g/mol. The summed E-state index contributed by atoms with van der Waals surface area (Å²) < 4.78 is 13.8. The number of nitrogens with zero attached hydrogens (tertiary/aromatic N) is 1. The van der Waals surface area contributed by atoms with Crippen LogP contribution in [0.5, 0.6) is 0 Å². The lowest BCUT2D eigenvalue weighted by atomic mass is 10.1. The van der Waals surface area contributed by atoms with Gasteiger partial charge in [0.15, 0.2) is 0 Å². The monoisotopic (exact) mass is 271 g/mol. The van der Waals surface area contributed by atoms with E-state index < -0.39 is 12.0 Å². The molecule has 1 aliphatic heterocycles. The third-order valence-electron chi connectivity index (χ3n) is 3.67. The summed E-state index contributed by atoms with van der Waals surface area (Å²) in [6, 6.07) is 13.4. The average Bonchev–Trinajstić information content (AvgIpc) is 2.81. The molecule has 0 saturated heterocycles. The first-order valence-electron chi connectivity index (χ1n) is 6.47. The van der Waals surface area contributed by atoms with Crippen molar-refractivity contribution >= 4 is 11.7 Å². The smallest absolute Gasteiger partial charge is 0.326 e. The minimum absolute atomic E-state index is 0.265. The van der Waals surface area contributed by atoms with Crippen LogP contribution in [-0.2, 0) is 17.8 Å². The molecule has 0 saturated carbocycles. The highest BCUT2D eigenvalue weighted by molar-refractivity contribution is 5.82. The van der Waals surface area contributed by atoms with E-state index in [0.29, 0.717) is 12.0 Å². The van der Waals surface area contributed by atoms with Crippen LogP contribution in [-0.4, -0.2) is 17.1 Å². The van der Waals surface area contributed by atoms with Crippen LogP contribution in [0.3, 0.4) is 0 Å². The van der Waals surface area contributed by atoms with Gasteiger partial charge < -0.3 is 10.0 Å². The largest absolute Gasteiger partial charge is 0.480 e. The Kier molecular flexibility index (Phi) is 3.14. The second kappa shape index (κ2) is 4.96. The van der Waals surface area contributed by atoms with Gasteiger partial charge in [-0.1, -0.05) is 36.4 Å². The minimum Gasteiger partial charge on any atom is -0.480 e. The predicted molar refractivity (Wildman–Crippen MR) is 74.2 cm³/mol. The van der Waals surface area contributed by atoms with E-state index in [9.17, 15) is 14.3 Å². The van der Waals surface area contributed by atoms with Crippen molar-refractivity contribution in [2.45, 2.75) is 19.0 Å². The van der Waals surface area contributed by atoms with Crippen LogP contribution in [0.15, 0.2) is 48.5 Å². The summed E-state index contributed by atoms with van der Waals surface area (Å²) in [5.74, 6) is -1.18. The third-order valence-corrected chi connectivity index (χ3v) is 3.67. The number of carbonyl (C=O) groups is 1. The first-order chi connectivity index (χ1) is 9.66. The number of benzene rings is 2. The number of aliphatic carboxylic acids is 1. The summed E-state index contributed by atoms with van der Waals surface area (Å²) in [5.41, 5.74) is 2.38. The van der Waals surface area contributed by atoms with Crippen LogP contribution >= 0.6 is 0 Å². The molecule has 20 heavy (non-hydrogen) atoms. The zero-order valence-electron chi connectivity index (χ0n) is 10.8. The van der Waals surface area contributed by atoms with E-state index in [4.69, 9.17) is 0 Å². The number of halogens is 1. The fourth-order valence-corrected chi connectivity index (χ4v) is 2.68. The zero-order valence-corrected chi connectivity index (χ0v) is 10.8. The standard InChI is InChI=1S/C16H14FNO2/c17-13-7-3-1-6-12(13)10-18-14-8-4-2-5-11(14)9-15(18)16(19)20/h1-8,15H,9-10H2,(H,19,20). The molecule has 1 heterocycles. The number of carboxylic acids is 1. The molecule has 1 atom stereocenters. The van der Waals surface area contributed by atoms with Crippen molar-refractivity contribution in [1.82, 2.24) is 0 Å². The Bertz CT molecular complexity index is 656. The number of hydrogen-bond acceptors (Lipinski definition) is 2. The van der Waals surface area contributed by atoms with E-state index in [0.717, 1.165) is 11.3 Å². The van der Waals surface area contributed by atoms with Crippen molar-refractivity contribution in [2.75, 3.05) is 4.90 Å². The van der Waals surface area contributed by atoms with E-state index in [1.165, 1.54) is 6.07 Å². The van der Waals surface area contributed by atoms with Gasteiger partial charge in [0.2, 0.25) is 0 Å². The maximum Gasteiger partial charge on any atom is 0.326 e. The quantitative estimate of drug-likeness (QED) is 0.933. The van der Waals surface area contributed by atoms with Gasteiger partial charge in [0.05, 0.1) is 0 Å². The number of hydrogen-bond donors (Lipinski definition) is 1. The Morgan fingerprint density at radius 3 is 2.65 bits per heavy atom. The van der Waals surface area contributed by atoms with Crippen molar-refractivity contribution in [3.63, 3.8) is 0 Å². The Morgan fingerprint density at radius 1 is 1.20 bits per heavy atom. The molecule has 3 nitrogen and oxygen atoms in total. The molecule has 0 bridgehead atoms. The SMILES string of the molecule is O=C(O)C1Cc2ccccc2N1Cc1ccccc1F. The van der Waals surface area contributed by atoms with Crippen molar-refractivity contribution < 1.29 is 14.3 Å². The lowest BCUT2D eigenvalue weighted by molar-refractivity contribution is -0.138. The summed E-state index contributed by atoms with van der Waals surface area (Å²) in [6.07, 6.45) is 0.458. The van der Waals surface area contributed by atoms with Gasteiger partial charge in [-0.25, -0.2) is 9.18 Å². The van der Waals surface area contributed by atoms with E-state index in [2.05, 4.69) is 0 Å². The fraction of sp³-hybridized carbons (Fsp3) is 0.188. The van der Waals surface area contributed by atoms with Crippen molar-refractivity contribution in [2.24, 2.45) is 0 Å². The summed E-state index contributed by atoms with van der Waals surface area (Å²) in [6.45, 7) is 0.265. The zero-order chi connectivity index (χ0) is 14.1. The van der Waals surface area contributed by atoms with Gasteiger partial charge in [-0.05, 0) is 17.7 Å². The molecule has 3 rings (SSSR count). The second-order valence-electron chi connectivity index (χ2n) is 4.91.